The zero-order valence-corrected chi connectivity index (χ0v) is 9.53. The van der Waals surface area contributed by atoms with Gasteiger partial charge in [0.2, 0.25) is 5.91 Å². The van der Waals surface area contributed by atoms with Gasteiger partial charge in [-0.25, -0.2) is 0 Å². The predicted octanol–water partition coefficient (Wildman–Crippen LogP) is 0.374. The lowest BCUT2D eigenvalue weighted by Crippen LogP contribution is -2.48. The molecule has 0 saturated carbocycles. The molecule has 2 fully saturated rings. The minimum Gasteiger partial charge on any atom is -0.376 e. The SMILES string of the molecule is CC1OCCC1N(C)C(=O)[C@H]1CCCN1. The Hall–Kier alpha value is -0.610. The summed E-state index contributed by atoms with van der Waals surface area (Å²) >= 11 is 0. The highest BCUT2D eigenvalue weighted by Gasteiger charge is 2.34. The van der Waals surface area contributed by atoms with Crippen molar-refractivity contribution in [3.05, 3.63) is 0 Å². The second-order valence-corrected chi connectivity index (χ2v) is 4.53. The van der Waals surface area contributed by atoms with Crippen LogP contribution in [-0.2, 0) is 9.53 Å². The quantitative estimate of drug-likeness (QED) is 0.719. The summed E-state index contributed by atoms with van der Waals surface area (Å²) in [5.41, 5.74) is 0. The average Bonchev–Trinajstić information content (AvgIpc) is 2.85. The van der Waals surface area contributed by atoms with Gasteiger partial charge in [0.05, 0.1) is 18.2 Å². The second kappa shape index (κ2) is 4.49. The normalized spacial score (nSPS) is 35.7. The van der Waals surface area contributed by atoms with Crippen molar-refractivity contribution >= 4 is 5.91 Å². The lowest BCUT2D eigenvalue weighted by atomic mass is 10.1. The monoisotopic (exact) mass is 212 g/mol. The molecule has 86 valence electrons. The van der Waals surface area contributed by atoms with E-state index in [0.29, 0.717) is 0 Å². The highest BCUT2D eigenvalue weighted by molar-refractivity contribution is 5.82. The zero-order valence-electron chi connectivity index (χ0n) is 9.53. The van der Waals surface area contributed by atoms with Gasteiger partial charge in [-0.2, -0.15) is 0 Å². The first-order chi connectivity index (χ1) is 7.20. The first kappa shape index (κ1) is 10.9. The van der Waals surface area contributed by atoms with E-state index in [1.165, 1.54) is 0 Å². The van der Waals surface area contributed by atoms with Crippen molar-refractivity contribution in [2.45, 2.75) is 44.4 Å². The number of carbonyl (C=O) groups is 1. The third-order valence-corrected chi connectivity index (χ3v) is 3.54. The van der Waals surface area contributed by atoms with E-state index >= 15 is 0 Å². The Bertz CT molecular complexity index is 239. The van der Waals surface area contributed by atoms with Crippen LogP contribution in [0.1, 0.15) is 26.2 Å². The van der Waals surface area contributed by atoms with Gasteiger partial charge in [-0.15, -0.1) is 0 Å². The fourth-order valence-electron chi connectivity index (χ4n) is 2.53. The number of likely N-dealkylation sites (N-methyl/N-ethyl adjacent to an activating group) is 1. The third kappa shape index (κ3) is 2.16. The van der Waals surface area contributed by atoms with Crippen molar-refractivity contribution in [1.29, 1.82) is 0 Å². The van der Waals surface area contributed by atoms with Crippen LogP contribution >= 0.6 is 0 Å². The number of hydrogen-bond acceptors (Lipinski definition) is 3. The van der Waals surface area contributed by atoms with E-state index in [9.17, 15) is 4.79 Å². The number of hydrogen-bond donors (Lipinski definition) is 1. The number of nitrogens with one attached hydrogen (secondary N) is 1. The molecular weight excluding hydrogens is 192 g/mol. The Balaban J connectivity index is 1.94. The molecule has 0 spiro atoms. The minimum absolute atomic E-state index is 0.0443. The summed E-state index contributed by atoms with van der Waals surface area (Å²) in [4.78, 5) is 14.0. The van der Waals surface area contributed by atoms with Crippen molar-refractivity contribution in [3.63, 3.8) is 0 Å². The summed E-state index contributed by atoms with van der Waals surface area (Å²) in [5.74, 6) is 0.231. The highest BCUT2D eigenvalue weighted by atomic mass is 16.5. The molecule has 4 heteroatoms. The second-order valence-electron chi connectivity index (χ2n) is 4.53. The maximum absolute atomic E-state index is 12.1. The Morgan fingerprint density at radius 1 is 1.47 bits per heavy atom. The number of amides is 1. The standard InChI is InChI=1S/C11H20N2O2/c1-8-10(5-7-15-8)13(2)11(14)9-4-3-6-12-9/h8-10,12H,3-7H2,1-2H3/t8?,9-,10?/m1/s1. The highest BCUT2D eigenvalue weighted by Crippen LogP contribution is 2.20. The van der Waals surface area contributed by atoms with Gasteiger partial charge in [0.25, 0.3) is 0 Å². The minimum atomic E-state index is 0.0443. The van der Waals surface area contributed by atoms with Crippen molar-refractivity contribution in [2.75, 3.05) is 20.2 Å². The maximum Gasteiger partial charge on any atom is 0.239 e. The Kier molecular flexibility index (Phi) is 3.26. The number of carbonyl (C=O) groups excluding carboxylic acids is 1. The molecule has 0 aromatic heterocycles. The summed E-state index contributed by atoms with van der Waals surface area (Å²) in [6, 6.07) is 0.308. The predicted molar refractivity (Wildman–Crippen MR) is 57.6 cm³/mol. The topological polar surface area (TPSA) is 41.6 Å². The lowest BCUT2D eigenvalue weighted by Gasteiger charge is -2.29. The fourth-order valence-corrected chi connectivity index (χ4v) is 2.53. The molecule has 2 saturated heterocycles. The first-order valence-electron chi connectivity index (χ1n) is 5.82. The largest absolute Gasteiger partial charge is 0.376 e. The summed E-state index contributed by atoms with van der Waals surface area (Å²) in [6.07, 6.45) is 3.24. The van der Waals surface area contributed by atoms with Crippen molar-refractivity contribution in [3.8, 4) is 0 Å². The van der Waals surface area contributed by atoms with Crippen LogP contribution in [-0.4, -0.2) is 49.2 Å². The lowest BCUT2D eigenvalue weighted by molar-refractivity contribution is -0.134. The summed E-state index contributed by atoms with van der Waals surface area (Å²) in [5, 5.41) is 3.24. The molecule has 0 aliphatic carbocycles. The van der Waals surface area contributed by atoms with Crippen LogP contribution in [0.3, 0.4) is 0 Å². The molecule has 0 aromatic rings. The molecule has 0 radical (unpaired) electrons. The molecule has 15 heavy (non-hydrogen) atoms. The number of nitrogens with zero attached hydrogens (tertiary/aromatic N) is 1. The average molecular weight is 212 g/mol. The van der Waals surface area contributed by atoms with Crippen molar-refractivity contribution in [2.24, 2.45) is 0 Å². The van der Waals surface area contributed by atoms with Crippen LogP contribution < -0.4 is 5.32 Å². The molecule has 0 aromatic carbocycles. The van der Waals surface area contributed by atoms with Gasteiger partial charge in [0.1, 0.15) is 0 Å². The molecule has 2 heterocycles. The van der Waals surface area contributed by atoms with Gasteiger partial charge in [0.15, 0.2) is 0 Å². The molecule has 1 N–H and O–H groups in total. The van der Waals surface area contributed by atoms with Crippen molar-refractivity contribution < 1.29 is 9.53 Å². The van der Waals surface area contributed by atoms with Crippen LogP contribution in [0.5, 0.6) is 0 Å². The van der Waals surface area contributed by atoms with Gasteiger partial charge in [-0.3, -0.25) is 4.79 Å². The van der Waals surface area contributed by atoms with Gasteiger partial charge >= 0.3 is 0 Å². The first-order valence-corrected chi connectivity index (χ1v) is 5.82. The van der Waals surface area contributed by atoms with E-state index in [-0.39, 0.29) is 24.1 Å². The van der Waals surface area contributed by atoms with Crippen molar-refractivity contribution in [1.82, 2.24) is 10.2 Å². The zero-order chi connectivity index (χ0) is 10.8. The molecule has 3 atom stereocenters. The molecule has 0 bridgehead atoms. The summed E-state index contributed by atoms with van der Waals surface area (Å²) in [6.45, 7) is 3.80. The van der Waals surface area contributed by atoms with E-state index in [4.69, 9.17) is 4.74 Å². The molecular formula is C11H20N2O2. The van der Waals surface area contributed by atoms with E-state index in [1.807, 2.05) is 18.9 Å². The summed E-state index contributed by atoms with van der Waals surface area (Å²) in [7, 11) is 1.90. The van der Waals surface area contributed by atoms with Crippen LogP contribution in [0.4, 0.5) is 0 Å². The van der Waals surface area contributed by atoms with E-state index in [1.54, 1.807) is 0 Å². The number of ether oxygens (including phenoxy) is 1. The van der Waals surface area contributed by atoms with Gasteiger partial charge in [-0.1, -0.05) is 0 Å². The Labute approximate surface area is 91.0 Å². The van der Waals surface area contributed by atoms with E-state index in [0.717, 1.165) is 32.4 Å². The van der Waals surface area contributed by atoms with Crippen LogP contribution in [0.25, 0.3) is 0 Å². The molecule has 2 unspecified atom stereocenters. The molecule has 4 nitrogen and oxygen atoms in total. The third-order valence-electron chi connectivity index (χ3n) is 3.54. The van der Waals surface area contributed by atoms with Crippen LogP contribution in [0.15, 0.2) is 0 Å². The number of rotatable bonds is 2. The van der Waals surface area contributed by atoms with Gasteiger partial charge < -0.3 is 15.0 Å². The molecule has 2 rings (SSSR count). The Morgan fingerprint density at radius 3 is 2.80 bits per heavy atom. The fraction of sp³-hybridized carbons (Fsp3) is 0.909. The molecule has 2 aliphatic heterocycles. The summed E-state index contributed by atoms with van der Waals surface area (Å²) < 4.78 is 5.49. The maximum atomic E-state index is 12.1. The van der Waals surface area contributed by atoms with Crippen LogP contribution in [0, 0.1) is 0 Å². The molecule has 1 amide bonds. The van der Waals surface area contributed by atoms with E-state index < -0.39 is 0 Å². The van der Waals surface area contributed by atoms with Gasteiger partial charge in [-0.05, 0) is 32.7 Å². The van der Waals surface area contributed by atoms with E-state index in [2.05, 4.69) is 5.32 Å². The molecule has 2 aliphatic rings. The smallest absolute Gasteiger partial charge is 0.239 e. The van der Waals surface area contributed by atoms with Gasteiger partial charge in [0, 0.05) is 13.7 Å². The Morgan fingerprint density at radius 2 is 2.27 bits per heavy atom. The van der Waals surface area contributed by atoms with Crippen LogP contribution in [0.2, 0.25) is 0 Å².